The van der Waals surface area contributed by atoms with Gasteiger partial charge in [-0.15, -0.1) is 0 Å². The zero-order chi connectivity index (χ0) is 13.8. The number of hydrogen-bond acceptors (Lipinski definition) is 2. The average molecular weight is 324 g/mol. The van der Waals surface area contributed by atoms with Gasteiger partial charge in [0.2, 0.25) is 0 Å². The van der Waals surface area contributed by atoms with Crippen molar-refractivity contribution >= 4 is 32.7 Å². The maximum atomic E-state index is 12.6. The fourth-order valence-corrected chi connectivity index (χ4v) is 2.64. The number of hydrogen-bond donors (Lipinski definition) is 0. The molecule has 0 bridgehead atoms. The number of alkyl halides is 1. The van der Waals surface area contributed by atoms with E-state index in [1.54, 1.807) is 4.68 Å². The lowest BCUT2D eigenvalue weighted by atomic mass is 10.2. The summed E-state index contributed by atoms with van der Waals surface area (Å²) in [6, 6.07) is 7.83. The summed E-state index contributed by atoms with van der Waals surface area (Å²) < 4.78 is 1.76. The third-order valence-electron chi connectivity index (χ3n) is 3.10. The van der Waals surface area contributed by atoms with Gasteiger partial charge in [0.1, 0.15) is 0 Å². The number of carbonyl (C=O) groups excluding carboxylic acids is 1. The van der Waals surface area contributed by atoms with Crippen molar-refractivity contribution in [2.45, 2.75) is 13.3 Å². The number of para-hydroxylation sites is 1. The second-order valence-corrected chi connectivity index (χ2v) is 5.26. The van der Waals surface area contributed by atoms with Crippen LogP contribution < -0.4 is 0 Å². The first kappa shape index (κ1) is 14.1. The topological polar surface area (TPSA) is 38.1 Å². The van der Waals surface area contributed by atoms with Crippen molar-refractivity contribution in [2.75, 3.05) is 18.4 Å². The van der Waals surface area contributed by atoms with Crippen molar-refractivity contribution in [3.05, 3.63) is 30.0 Å². The van der Waals surface area contributed by atoms with E-state index in [0.29, 0.717) is 12.2 Å². The minimum Gasteiger partial charge on any atom is -0.336 e. The van der Waals surface area contributed by atoms with Crippen molar-refractivity contribution in [1.29, 1.82) is 0 Å². The van der Waals surface area contributed by atoms with Crippen LogP contribution in [0.3, 0.4) is 0 Å². The first-order valence-corrected chi connectivity index (χ1v) is 7.58. The lowest BCUT2D eigenvalue weighted by Gasteiger charge is -2.19. The van der Waals surface area contributed by atoms with Crippen molar-refractivity contribution < 1.29 is 4.79 Å². The molecule has 2 rings (SSSR count). The van der Waals surface area contributed by atoms with E-state index in [1.807, 2.05) is 36.2 Å². The van der Waals surface area contributed by atoms with E-state index < -0.39 is 0 Å². The SMILES string of the molecule is CCCN(CCBr)C(=O)c1nn(C)c2ccccc12. The smallest absolute Gasteiger partial charge is 0.275 e. The fraction of sp³-hybridized carbons (Fsp3) is 0.429. The molecule has 0 atom stereocenters. The standard InChI is InChI=1S/C14H18BrN3O/c1-3-9-18(10-8-15)14(19)13-11-6-4-5-7-12(11)17(2)16-13/h4-7H,3,8-10H2,1-2H3. The second-order valence-electron chi connectivity index (χ2n) is 4.47. The Bertz CT molecular complexity index is 573. The van der Waals surface area contributed by atoms with Gasteiger partial charge in [0.05, 0.1) is 5.52 Å². The van der Waals surface area contributed by atoms with E-state index in [9.17, 15) is 4.79 Å². The number of rotatable bonds is 5. The highest BCUT2D eigenvalue weighted by Gasteiger charge is 2.20. The molecule has 1 aromatic carbocycles. The lowest BCUT2D eigenvalue weighted by Crippen LogP contribution is -2.33. The number of amides is 1. The Morgan fingerprint density at radius 3 is 2.79 bits per heavy atom. The molecule has 5 heteroatoms. The van der Waals surface area contributed by atoms with E-state index in [2.05, 4.69) is 28.0 Å². The molecule has 19 heavy (non-hydrogen) atoms. The number of nitrogens with zero attached hydrogens (tertiary/aromatic N) is 3. The van der Waals surface area contributed by atoms with Crippen LogP contribution >= 0.6 is 15.9 Å². The Hall–Kier alpha value is -1.36. The molecule has 0 unspecified atom stereocenters. The van der Waals surface area contributed by atoms with Gasteiger partial charge in [-0.25, -0.2) is 0 Å². The quantitative estimate of drug-likeness (QED) is 0.793. The van der Waals surface area contributed by atoms with Crippen LogP contribution in [-0.4, -0.2) is 39.0 Å². The number of carbonyl (C=O) groups is 1. The zero-order valence-electron chi connectivity index (χ0n) is 11.3. The maximum absolute atomic E-state index is 12.6. The summed E-state index contributed by atoms with van der Waals surface area (Å²) in [4.78, 5) is 14.4. The lowest BCUT2D eigenvalue weighted by molar-refractivity contribution is 0.0761. The summed E-state index contributed by atoms with van der Waals surface area (Å²) >= 11 is 3.40. The van der Waals surface area contributed by atoms with Crippen LogP contribution in [0.4, 0.5) is 0 Å². The Morgan fingerprint density at radius 1 is 1.37 bits per heavy atom. The molecule has 102 valence electrons. The van der Waals surface area contributed by atoms with Gasteiger partial charge in [-0.1, -0.05) is 41.1 Å². The largest absolute Gasteiger partial charge is 0.336 e. The molecule has 2 aromatic rings. The molecule has 0 saturated heterocycles. The molecule has 0 radical (unpaired) electrons. The molecule has 0 fully saturated rings. The predicted octanol–water partition coefficient (Wildman–Crippen LogP) is 2.82. The van der Waals surface area contributed by atoms with E-state index in [0.717, 1.165) is 29.2 Å². The highest BCUT2D eigenvalue weighted by atomic mass is 79.9. The van der Waals surface area contributed by atoms with Gasteiger partial charge in [-0.05, 0) is 12.5 Å². The van der Waals surface area contributed by atoms with E-state index in [1.165, 1.54) is 0 Å². The van der Waals surface area contributed by atoms with Gasteiger partial charge >= 0.3 is 0 Å². The van der Waals surface area contributed by atoms with E-state index >= 15 is 0 Å². The molecule has 0 N–H and O–H groups in total. The number of aromatic nitrogens is 2. The van der Waals surface area contributed by atoms with Crippen LogP contribution in [0.1, 0.15) is 23.8 Å². The third-order valence-corrected chi connectivity index (χ3v) is 3.45. The molecule has 0 spiro atoms. The number of fused-ring (bicyclic) bond motifs is 1. The molecule has 4 nitrogen and oxygen atoms in total. The summed E-state index contributed by atoms with van der Waals surface area (Å²) in [7, 11) is 1.87. The molecule has 0 aliphatic rings. The second kappa shape index (κ2) is 6.19. The van der Waals surface area contributed by atoms with Crippen LogP contribution in [0.15, 0.2) is 24.3 Å². The first-order chi connectivity index (χ1) is 9.19. The third kappa shape index (κ3) is 2.81. The molecule has 1 amide bonds. The van der Waals surface area contributed by atoms with Crippen molar-refractivity contribution in [2.24, 2.45) is 7.05 Å². The van der Waals surface area contributed by atoms with Crippen LogP contribution in [0, 0.1) is 0 Å². The van der Waals surface area contributed by atoms with Crippen molar-refractivity contribution in [1.82, 2.24) is 14.7 Å². The Labute approximate surface area is 121 Å². The van der Waals surface area contributed by atoms with Gasteiger partial charge in [0.25, 0.3) is 5.91 Å². The normalized spacial score (nSPS) is 10.9. The molecule has 0 aliphatic carbocycles. The van der Waals surface area contributed by atoms with Crippen LogP contribution in [0.2, 0.25) is 0 Å². The number of benzene rings is 1. The van der Waals surface area contributed by atoms with Gasteiger partial charge in [-0.2, -0.15) is 5.10 Å². The highest BCUT2D eigenvalue weighted by molar-refractivity contribution is 9.09. The fourth-order valence-electron chi connectivity index (χ4n) is 2.21. The van der Waals surface area contributed by atoms with Gasteiger partial charge in [0.15, 0.2) is 5.69 Å². The zero-order valence-corrected chi connectivity index (χ0v) is 12.9. The summed E-state index contributed by atoms with van der Waals surface area (Å²) in [6.07, 6.45) is 0.948. The first-order valence-electron chi connectivity index (χ1n) is 6.46. The van der Waals surface area contributed by atoms with Crippen LogP contribution in [-0.2, 0) is 7.05 Å². The molecule has 0 aliphatic heterocycles. The van der Waals surface area contributed by atoms with Crippen molar-refractivity contribution in [3.8, 4) is 0 Å². The summed E-state index contributed by atoms with van der Waals surface area (Å²) in [5, 5.41) is 6.09. The minimum absolute atomic E-state index is 0.0121. The summed E-state index contributed by atoms with van der Waals surface area (Å²) in [5.74, 6) is 0.0121. The monoisotopic (exact) mass is 323 g/mol. The van der Waals surface area contributed by atoms with Crippen LogP contribution in [0.25, 0.3) is 10.9 Å². The molecule has 0 saturated carbocycles. The Balaban J connectivity index is 2.40. The predicted molar refractivity (Wildman–Crippen MR) is 80.7 cm³/mol. The minimum atomic E-state index is 0.0121. The maximum Gasteiger partial charge on any atom is 0.275 e. The summed E-state index contributed by atoms with van der Waals surface area (Å²) in [6.45, 7) is 3.54. The molecular formula is C14H18BrN3O. The Morgan fingerprint density at radius 2 is 2.11 bits per heavy atom. The summed E-state index contributed by atoms with van der Waals surface area (Å²) in [5.41, 5.74) is 1.54. The molecule has 1 heterocycles. The van der Waals surface area contributed by atoms with E-state index in [-0.39, 0.29) is 5.91 Å². The van der Waals surface area contributed by atoms with Gasteiger partial charge in [-0.3, -0.25) is 9.48 Å². The number of aryl methyl sites for hydroxylation is 1. The van der Waals surface area contributed by atoms with Gasteiger partial charge in [0, 0.05) is 30.9 Å². The highest BCUT2D eigenvalue weighted by Crippen LogP contribution is 2.19. The Kier molecular flexibility index (Phi) is 4.58. The van der Waals surface area contributed by atoms with Crippen molar-refractivity contribution in [3.63, 3.8) is 0 Å². The van der Waals surface area contributed by atoms with Crippen LogP contribution in [0.5, 0.6) is 0 Å². The molecular weight excluding hydrogens is 306 g/mol. The van der Waals surface area contributed by atoms with E-state index in [4.69, 9.17) is 0 Å². The molecule has 1 aromatic heterocycles. The average Bonchev–Trinajstić information content (AvgIpc) is 2.76. The van der Waals surface area contributed by atoms with Gasteiger partial charge < -0.3 is 4.90 Å². The number of halogens is 1.